The van der Waals surface area contributed by atoms with Gasteiger partial charge in [0, 0.05) is 28.5 Å². The van der Waals surface area contributed by atoms with Gasteiger partial charge in [0.05, 0.1) is 0 Å². The van der Waals surface area contributed by atoms with Gasteiger partial charge in [0.1, 0.15) is 11.5 Å². The summed E-state index contributed by atoms with van der Waals surface area (Å²) < 4.78 is 0.966. The molecule has 2 aromatic rings. The summed E-state index contributed by atoms with van der Waals surface area (Å²) >= 11 is 3.41. The first kappa shape index (κ1) is 14.4. The average molecular weight is 347 g/mol. The number of fused-ring (bicyclic) bond motifs is 1. The number of hydrogen-bond donors (Lipinski definition) is 1. The van der Waals surface area contributed by atoms with Crippen LogP contribution in [0.15, 0.2) is 22.8 Å². The van der Waals surface area contributed by atoms with Crippen LogP contribution in [-0.2, 0) is 12.8 Å². The lowest BCUT2D eigenvalue weighted by Crippen LogP contribution is -2.09. The SMILES string of the molecule is CCNc1nc(-c2ccc(Br)cn2)nc2c1CCCCC2. The Morgan fingerprint density at radius 3 is 2.76 bits per heavy atom. The molecule has 1 N–H and O–H groups in total. The Labute approximate surface area is 133 Å². The minimum absolute atomic E-state index is 0.721. The molecular weight excluding hydrogens is 328 g/mol. The second-order valence-corrected chi connectivity index (χ2v) is 6.19. The lowest BCUT2D eigenvalue weighted by Gasteiger charge is -2.13. The Morgan fingerprint density at radius 2 is 2.00 bits per heavy atom. The number of nitrogens with one attached hydrogen (secondary N) is 1. The third-order valence-electron chi connectivity index (χ3n) is 3.73. The molecule has 5 heteroatoms. The van der Waals surface area contributed by atoms with Crippen LogP contribution in [0.1, 0.15) is 37.4 Å². The molecule has 0 fully saturated rings. The molecule has 4 nitrogen and oxygen atoms in total. The van der Waals surface area contributed by atoms with Crippen molar-refractivity contribution in [1.29, 1.82) is 0 Å². The lowest BCUT2D eigenvalue weighted by molar-refractivity contribution is 0.709. The maximum Gasteiger partial charge on any atom is 0.180 e. The molecule has 0 unspecified atom stereocenters. The molecule has 0 aliphatic heterocycles. The molecule has 3 rings (SSSR count). The number of nitrogens with zero attached hydrogens (tertiary/aromatic N) is 3. The number of halogens is 1. The van der Waals surface area contributed by atoms with E-state index in [1.807, 2.05) is 12.1 Å². The van der Waals surface area contributed by atoms with E-state index < -0.39 is 0 Å². The minimum Gasteiger partial charge on any atom is -0.370 e. The maximum atomic E-state index is 4.79. The van der Waals surface area contributed by atoms with Crippen LogP contribution in [0.2, 0.25) is 0 Å². The zero-order valence-corrected chi connectivity index (χ0v) is 13.8. The predicted molar refractivity (Wildman–Crippen MR) is 88.4 cm³/mol. The maximum absolute atomic E-state index is 4.79. The third-order valence-corrected chi connectivity index (χ3v) is 4.20. The van der Waals surface area contributed by atoms with Gasteiger partial charge in [-0.25, -0.2) is 9.97 Å². The standard InChI is InChI=1S/C16H19BrN4/c1-2-18-15-12-6-4-3-5-7-13(12)20-16(21-15)14-9-8-11(17)10-19-14/h8-10H,2-7H2,1H3,(H,18,20,21). The molecule has 2 heterocycles. The lowest BCUT2D eigenvalue weighted by atomic mass is 10.1. The van der Waals surface area contributed by atoms with E-state index in [0.717, 1.165) is 41.2 Å². The Balaban J connectivity index is 2.07. The number of rotatable bonds is 3. The van der Waals surface area contributed by atoms with Crippen molar-refractivity contribution in [1.82, 2.24) is 15.0 Å². The largest absolute Gasteiger partial charge is 0.370 e. The summed E-state index contributed by atoms with van der Waals surface area (Å²) in [5, 5.41) is 3.40. The first-order chi connectivity index (χ1) is 10.3. The van der Waals surface area contributed by atoms with E-state index in [1.54, 1.807) is 6.20 Å². The van der Waals surface area contributed by atoms with Gasteiger partial charge >= 0.3 is 0 Å². The molecule has 2 aromatic heterocycles. The fourth-order valence-corrected chi connectivity index (χ4v) is 2.94. The van der Waals surface area contributed by atoms with Gasteiger partial charge in [-0.3, -0.25) is 4.98 Å². The van der Waals surface area contributed by atoms with Crippen molar-refractivity contribution in [2.45, 2.75) is 39.0 Å². The summed E-state index contributed by atoms with van der Waals surface area (Å²) in [7, 11) is 0. The molecule has 0 saturated carbocycles. The van der Waals surface area contributed by atoms with Crippen LogP contribution in [-0.4, -0.2) is 21.5 Å². The summed E-state index contributed by atoms with van der Waals surface area (Å²) in [6.45, 7) is 2.97. The van der Waals surface area contributed by atoms with Crippen molar-refractivity contribution in [2.75, 3.05) is 11.9 Å². The Bertz CT molecular complexity index is 625. The Morgan fingerprint density at radius 1 is 1.14 bits per heavy atom. The van der Waals surface area contributed by atoms with Crippen LogP contribution in [0.5, 0.6) is 0 Å². The quantitative estimate of drug-likeness (QED) is 0.853. The molecule has 0 atom stereocenters. The van der Waals surface area contributed by atoms with Crippen LogP contribution >= 0.6 is 15.9 Å². The molecule has 0 spiro atoms. The zero-order valence-electron chi connectivity index (χ0n) is 12.2. The van der Waals surface area contributed by atoms with Crippen molar-refractivity contribution in [2.24, 2.45) is 0 Å². The summed E-state index contributed by atoms with van der Waals surface area (Å²) in [5.74, 6) is 1.71. The molecule has 1 aliphatic rings. The Kier molecular flexibility index (Phi) is 4.48. The second-order valence-electron chi connectivity index (χ2n) is 5.27. The molecule has 0 aromatic carbocycles. The van der Waals surface area contributed by atoms with Crippen molar-refractivity contribution >= 4 is 21.7 Å². The van der Waals surface area contributed by atoms with Crippen LogP contribution in [0.25, 0.3) is 11.5 Å². The molecule has 21 heavy (non-hydrogen) atoms. The normalized spacial score (nSPS) is 14.4. The van der Waals surface area contributed by atoms with Gasteiger partial charge in [-0.2, -0.15) is 0 Å². The molecular formula is C16H19BrN4. The average Bonchev–Trinajstić information content (AvgIpc) is 2.73. The molecule has 1 aliphatic carbocycles. The molecule has 0 radical (unpaired) electrons. The zero-order chi connectivity index (χ0) is 14.7. The molecule has 0 saturated heterocycles. The van der Waals surface area contributed by atoms with E-state index in [9.17, 15) is 0 Å². The Hall–Kier alpha value is -1.49. The van der Waals surface area contributed by atoms with Gasteiger partial charge in [0.15, 0.2) is 5.82 Å². The van der Waals surface area contributed by atoms with E-state index in [1.165, 1.54) is 30.5 Å². The highest BCUT2D eigenvalue weighted by molar-refractivity contribution is 9.10. The second kappa shape index (κ2) is 6.52. The molecule has 110 valence electrons. The highest BCUT2D eigenvalue weighted by atomic mass is 79.9. The highest BCUT2D eigenvalue weighted by Crippen LogP contribution is 2.27. The topological polar surface area (TPSA) is 50.7 Å². The third kappa shape index (κ3) is 3.23. The van der Waals surface area contributed by atoms with Crippen LogP contribution < -0.4 is 5.32 Å². The highest BCUT2D eigenvalue weighted by Gasteiger charge is 2.17. The van der Waals surface area contributed by atoms with E-state index in [2.05, 4.69) is 33.2 Å². The van der Waals surface area contributed by atoms with Gasteiger partial charge in [-0.1, -0.05) is 6.42 Å². The van der Waals surface area contributed by atoms with Crippen molar-refractivity contribution in [3.63, 3.8) is 0 Å². The van der Waals surface area contributed by atoms with Crippen molar-refractivity contribution in [3.8, 4) is 11.5 Å². The van der Waals surface area contributed by atoms with E-state index in [-0.39, 0.29) is 0 Å². The van der Waals surface area contributed by atoms with Crippen LogP contribution in [0, 0.1) is 0 Å². The molecule has 0 bridgehead atoms. The molecule has 0 amide bonds. The summed E-state index contributed by atoms with van der Waals surface area (Å²) in [6.07, 6.45) is 7.62. The fraction of sp³-hybridized carbons (Fsp3) is 0.438. The first-order valence-corrected chi connectivity index (χ1v) is 8.33. The van der Waals surface area contributed by atoms with E-state index in [0.29, 0.717) is 0 Å². The van der Waals surface area contributed by atoms with Crippen LogP contribution in [0.4, 0.5) is 5.82 Å². The van der Waals surface area contributed by atoms with Gasteiger partial charge in [-0.05, 0) is 60.7 Å². The predicted octanol–water partition coefficient (Wildman–Crippen LogP) is 4.00. The number of aryl methyl sites for hydroxylation is 1. The van der Waals surface area contributed by atoms with Gasteiger partial charge in [-0.15, -0.1) is 0 Å². The van der Waals surface area contributed by atoms with Gasteiger partial charge in [0.2, 0.25) is 0 Å². The smallest absolute Gasteiger partial charge is 0.180 e. The van der Waals surface area contributed by atoms with Crippen molar-refractivity contribution in [3.05, 3.63) is 34.1 Å². The summed E-state index contributed by atoms with van der Waals surface area (Å²) in [4.78, 5) is 13.9. The fourth-order valence-electron chi connectivity index (χ4n) is 2.71. The van der Waals surface area contributed by atoms with Gasteiger partial charge < -0.3 is 5.32 Å². The first-order valence-electron chi connectivity index (χ1n) is 7.53. The van der Waals surface area contributed by atoms with Gasteiger partial charge in [0.25, 0.3) is 0 Å². The summed E-state index contributed by atoms with van der Waals surface area (Å²) in [6, 6.07) is 3.93. The van der Waals surface area contributed by atoms with Crippen molar-refractivity contribution < 1.29 is 0 Å². The van der Waals surface area contributed by atoms with E-state index in [4.69, 9.17) is 9.97 Å². The van der Waals surface area contributed by atoms with Crippen LogP contribution in [0.3, 0.4) is 0 Å². The number of anilines is 1. The monoisotopic (exact) mass is 346 g/mol. The number of hydrogen-bond acceptors (Lipinski definition) is 4. The number of aromatic nitrogens is 3. The summed E-state index contributed by atoms with van der Waals surface area (Å²) in [5.41, 5.74) is 3.32. The minimum atomic E-state index is 0.721. The number of pyridine rings is 1. The van der Waals surface area contributed by atoms with E-state index >= 15 is 0 Å².